The van der Waals surface area contributed by atoms with E-state index in [2.05, 4.69) is 5.32 Å². The van der Waals surface area contributed by atoms with Crippen molar-refractivity contribution in [1.29, 1.82) is 5.26 Å². The first-order valence-electron chi connectivity index (χ1n) is 9.09. The van der Waals surface area contributed by atoms with E-state index in [1.165, 1.54) is 30.3 Å². The first kappa shape index (κ1) is 20.4. The van der Waals surface area contributed by atoms with Gasteiger partial charge in [-0.2, -0.15) is 5.26 Å². The minimum atomic E-state index is -0.597. The molecule has 30 heavy (non-hydrogen) atoms. The fourth-order valence-corrected chi connectivity index (χ4v) is 2.60. The maximum absolute atomic E-state index is 12.3. The Morgan fingerprint density at radius 3 is 2.43 bits per heavy atom. The molecule has 0 aliphatic rings. The van der Waals surface area contributed by atoms with Crippen molar-refractivity contribution in [3.8, 4) is 23.1 Å². The van der Waals surface area contributed by atoms with Crippen molar-refractivity contribution in [2.45, 2.75) is 6.92 Å². The fraction of sp³-hybridized carbons (Fsp3) is 0.0870. The van der Waals surface area contributed by atoms with Gasteiger partial charge in [0.2, 0.25) is 0 Å². The standard InChI is InChI=1S/C23H18N2O5/c1-2-29-23(28)16-5-3-15(4-6-16)21-12-11-20(30-21)13-17(14-24)22(27)25-18-7-9-19(26)10-8-18/h3-13,26H,2H2,1H3,(H,25,27)/b17-13+. The van der Waals surface area contributed by atoms with E-state index in [1.54, 1.807) is 43.3 Å². The van der Waals surface area contributed by atoms with Gasteiger partial charge in [0.1, 0.15) is 28.9 Å². The van der Waals surface area contributed by atoms with E-state index in [9.17, 15) is 20.0 Å². The van der Waals surface area contributed by atoms with Crippen LogP contribution in [0.15, 0.2) is 70.7 Å². The molecule has 7 heteroatoms. The normalized spacial score (nSPS) is 10.9. The van der Waals surface area contributed by atoms with Crippen LogP contribution in [0.2, 0.25) is 0 Å². The summed E-state index contributed by atoms with van der Waals surface area (Å²) < 4.78 is 10.7. The molecule has 150 valence electrons. The molecular weight excluding hydrogens is 384 g/mol. The number of anilines is 1. The summed E-state index contributed by atoms with van der Waals surface area (Å²) in [5.41, 5.74) is 1.47. The van der Waals surface area contributed by atoms with Crippen LogP contribution >= 0.6 is 0 Å². The maximum atomic E-state index is 12.3. The Balaban J connectivity index is 1.74. The molecule has 0 spiro atoms. The number of aromatic hydroxyl groups is 1. The summed E-state index contributed by atoms with van der Waals surface area (Å²) in [4.78, 5) is 24.0. The summed E-state index contributed by atoms with van der Waals surface area (Å²) in [6.45, 7) is 2.04. The number of nitrogens with zero attached hydrogens (tertiary/aromatic N) is 1. The van der Waals surface area contributed by atoms with Gasteiger partial charge in [-0.3, -0.25) is 4.79 Å². The molecule has 0 atom stereocenters. The third-order valence-electron chi connectivity index (χ3n) is 4.08. The van der Waals surface area contributed by atoms with Crippen molar-refractivity contribution in [2.75, 3.05) is 11.9 Å². The summed E-state index contributed by atoms with van der Waals surface area (Å²) >= 11 is 0. The minimum Gasteiger partial charge on any atom is -0.508 e. The highest BCUT2D eigenvalue weighted by Crippen LogP contribution is 2.24. The molecule has 2 N–H and O–H groups in total. The molecule has 1 heterocycles. The topological polar surface area (TPSA) is 113 Å². The summed E-state index contributed by atoms with van der Waals surface area (Å²) in [5.74, 6) is -0.0717. The van der Waals surface area contributed by atoms with Crippen molar-refractivity contribution in [3.63, 3.8) is 0 Å². The number of rotatable bonds is 6. The molecule has 2 aromatic carbocycles. The van der Waals surface area contributed by atoms with Gasteiger partial charge in [0.15, 0.2) is 0 Å². The molecule has 0 aliphatic carbocycles. The van der Waals surface area contributed by atoms with Gasteiger partial charge in [-0.15, -0.1) is 0 Å². The van der Waals surface area contributed by atoms with Crippen molar-refractivity contribution < 1.29 is 23.8 Å². The first-order chi connectivity index (χ1) is 14.5. The number of nitriles is 1. The van der Waals surface area contributed by atoms with Gasteiger partial charge in [-0.1, -0.05) is 12.1 Å². The van der Waals surface area contributed by atoms with Crippen molar-refractivity contribution in [3.05, 3.63) is 77.6 Å². The molecule has 3 rings (SSSR count). The molecule has 0 bridgehead atoms. The van der Waals surface area contributed by atoms with Gasteiger partial charge in [0, 0.05) is 17.3 Å². The largest absolute Gasteiger partial charge is 0.508 e. The highest BCUT2D eigenvalue weighted by molar-refractivity contribution is 6.09. The zero-order chi connectivity index (χ0) is 21.5. The zero-order valence-corrected chi connectivity index (χ0v) is 16.1. The number of nitrogens with one attached hydrogen (secondary N) is 1. The lowest BCUT2D eigenvalue weighted by atomic mass is 10.1. The smallest absolute Gasteiger partial charge is 0.338 e. The van der Waals surface area contributed by atoms with Crippen LogP contribution in [0.3, 0.4) is 0 Å². The van der Waals surface area contributed by atoms with Crippen LogP contribution < -0.4 is 5.32 Å². The van der Waals surface area contributed by atoms with Gasteiger partial charge in [-0.25, -0.2) is 4.79 Å². The number of phenolic OH excluding ortho intramolecular Hbond substituents is 1. The number of ether oxygens (including phenoxy) is 1. The molecule has 0 saturated heterocycles. The molecule has 3 aromatic rings. The lowest BCUT2D eigenvalue weighted by Crippen LogP contribution is -2.13. The molecule has 0 saturated carbocycles. The number of carbonyl (C=O) groups excluding carboxylic acids is 2. The van der Waals surface area contributed by atoms with Crippen molar-refractivity contribution in [1.82, 2.24) is 0 Å². The Morgan fingerprint density at radius 2 is 1.80 bits per heavy atom. The third-order valence-corrected chi connectivity index (χ3v) is 4.08. The molecule has 1 amide bonds. The first-order valence-corrected chi connectivity index (χ1v) is 9.09. The van der Waals surface area contributed by atoms with E-state index in [0.717, 1.165) is 5.56 Å². The molecule has 0 radical (unpaired) electrons. The van der Waals surface area contributed by atoms with Gasteiger partial charge in [0.25, 0.3) is 5.91 Å². The van der Waals surface area contributed by atoms with Crippen LogP contribution in [-0.4, -0.2) is 23.6 Å². The van der Waals surface area contributed by atoms with E-state index in [1.807, 2.05) is 6.07 Å². The predicted molar refractivity (Wildman–Crippen MR) is 110 cm³/mol. The Bertz CT molecular complexity index is 1120. The summed E-state index contributed by atoms with van der Waals surface area (Å²) in [6, 6.07) is 17.8. The SMILES string of the molecule is CCOC(=O)c1ccc(-c2ccc(/C=C(\C#N)C(=O)Nc3ccc(O)cc3)o2)cc1. The van der Waals surface area contributed by atoms with E-state index >= 15 is 0 Å². The quantitative estimate of drug-likeness (QED) is 0.274. The molecule has 0 aliphatic heterocycles. The van der Waals surface area contributed by atoms with E-state index < -0.39 is 11.9 Å². The van der Waals surface area contributed by atoms with Crippen LogP contribution in [-0.2, 0) is 9.53 Å². The van der Waals surface area contributed by atoms with Crippen molar-refractivity contribution in [2.24, 2.45) is 0 Å². The second-order valence-electron chi connectivity index (χ2n) is 6.17. The van der Waals surface area contributed by atoms with Crippen LogP contribution in [0.1, 0.15) is 23.0 Å². The second-order valence-corrected chi connectivity index (χ2v) is 6.17. The average Bonchev–Trinajstić information content (AvgIpc) is 3.22. The van der Waals surface area contributed by atoms with E-state index in [0.29, 0.717) is 29.4 Å². The predicted octanol–water partition coefficient (Wildman–Crippen LogP) is 4.37. The monoisotopic (exact) mass is 402 g/mol. The third kappa shape index (κ3) is 4.94. The second kappa shape index (κ2) is 9.26. The van der Waals surface area contributed by atoms with E-state index in [-0.39, 0.29) is 11.3 Å². The Hall–Kier alpha value is -4.31. The number of hydrogen-bond acceptors (Lipinski definition) is 6. The van der Waals surface area contributed by atoms with Crippen LogP contribution in [0.5, 0.6) is 5.75 Å². The van der Waals surface area contributed by atoms with Crippen molar-refractivity contribution >= 4 is 23.6 Å². The molecule has 1 aromatic heterocycles. The Kier molecular flexibility index (Phi) is 6.30. The highest BCUT2D eigenvalue weighted by atomic mass is 16.5. The van der Waals surface area contributed by atoms with Gasteiger partial charge in [0.05, 0.1) is 12.2 Å². The average molecular weight is 402 g/mol. The van der Waals surface area contributed by atoms with Gasteiger partial charge < -0.3 is 19.6 Å². The van der Waals surface area contributed by atoms with E-state index in [4.69, 9.17) is 9.15 Å². The zero-order valence-electron chi connectivity index (χ0n) is 16.1. The molecule has 0 fully saturated rings. The fourth-order valence-electron chi connectivity index (χ4n) is 2.60. The molecule has 7 nitrogen and oxygen atoms in total. The Morgan fingerprint density at radius 1 is 1.10 bits per heavy atom. The lowest BCUT2D eigenvalue weighted by molar-refractivity contribution is -0.112. The maximum Gasteiger partial charge on any atom is 0.338 e. The number of esters is 1. The van der Waals surface area contributed by atoms with Crippen LogP contribution in [0.4, 0.5) is 5.69 Å². The van der Waals surface area contributed by atoms with Crippen LogP contribution in [0.25, 0.3) is 17.4 Å². The summed E-state index contributed by atoms with van der Waals surface area (Å²) in [6.07, 6.45) is 1.34. The van der Waals surface area contributed by atoms with Crippen LogP contribution in [0, 0.1) is 11.3 Å². The number of hydrogen-bond donors (Lipinski definition) is 2. The highest BCUT2D eigenvalue weighted by Gasteiger charge is 2.12. The van der Waals surface area contributed by atoms with Gasteiger partial charge >= 0.3 is 5.97 Å². The number of amides is 1. The lowest BCUT2D eigenvalue weighted by Gasteiger charge is -2.04. The minimum absolute atomic E-state index is 0.0717. The number of phenols is 1. The van der Waals surface area contributed by atoms with Gasteiger partial charge in [-0.05, 0) is 55.5 Å². The number of benzene rings is 2. The summed E-state index contributed by atoms with van der Waals surface area (Å²) in [5, 5.41) is 21.2. The summed E-state index contributed by atoms with van der Waals surface area (Å²) in [7, 11) is 0. The Labute approximate surface area is 172 Å². The number of carbonyl (C=O) groups is 2. The molecular formula is C23H18N2O5. The molecule has 0 unspecified atom stereocenters. The number of furan rings is 1.